The summed E-state index contributed by atoms with van der Waals surface area (Å²) in [6.45, 7) is 3.41. The molecule has 2 radical (unpaired) electrons. The van der Waals surface area contributed by atoms with Gasteiger partial charge in [0.25, 0.3) is 0 Å². The van der Waals surface area contributed by atoms with Crippen LogP contribution in [-0.2, 0) is 9.47 Å². The predicted octanol–water partition coefficient (Wildman–Crippen LogP) is 2.62. The lowest BCUT2D eigenvalue weighted by Gasteiger charge is -2.30. The number of rotatable bonds is 2. The minimum Gasteiger partial charge on any atom is -0.348 e. The van der Waals surface area contributed by atoms with E-state index in [-0.39, 0.29) is 12.2 Å². The topological polar surface area (TPSA) is 18.5 Å². The van der Waals surface area contributed by atoms with Gasteiger partial charge in [-0.25, -0.2) is 0 Å². The molecule has 0 unspecified atom stereocenters. The molecule has 0 aliphatic carbocycles. The van der Waals surface area contributed by atoms with Crippen LogP contribution in [0.2, 0.25) is 0 Å². The zero-order valence-corrected chi connectivity index (χ0v) is 11.6. The Morgan fingerprint density at radius 3 is 2.00 bits per heavy atom. The van der Waals surface area contributed by atoms with Crippen molar-refractivity contribution in [3.63, 3.8) is 0 Å². The Bertz CT molecular complexity index is 501. The number of hydrogen-bond acceptors (Lipinski definition) is 2. The fraction of sp³-hybridized carbons (Fsp3) is 0.294. The van der Waals surface area contributed by atoms with Gasteiger partial charge in [-0.3, -0.25) is 0 Å². The summed E-state index contributed by atoms with van der Waals surface area (Å²) in [4.78, 5) is 0. The van der Waals surface area contributed by atoms with E-state index in [4.69, 9.17) is 17.3 Å². The van der Waals surface area contributed by atoms with E-state index in [2.05, 4.69) is 31.2 Å². The van der Waals surface area contributed by atoms with E-state index in [1.165, 1.54) is 11.1 Å². The third kappa shape index (κ3) is 2.95. The van der Waals surface area contributed by atoms with Crippen molar-refractivity contribution < 1.29 is 9.47 Å². The molecule has 1 fully saturated rings. The van der Waals surface area contributed by atoms with Gasteiger partial charge in [0.15, 0.2) is 6.29 Å². The first-order chi connectivity index (χ1) is 9.72. The molecule has 2 aromatic rings. The molecule has 0 amide bonds. The monoisotopic (exact) mass is 264 g/mol. The second-order valence-electron chi connectivity index (χ2n) is 5.27. The average molecular weight is 264 g/mol. The maximum atomic E-state index is 5.85. The van der Waals surface area contributed by atoms with Crippen LogP contribution < -0.4 is 5.46 Å². The van der Waals surface area contributed by atoms with Crippen molar-refractivity contribution in [2.75, 3.05) is 13.2 Å². The van der Waals surface area contributed by atoms with E-state index in [0.717, 1.165) is 11.0 Å². The highest BCUT2D eigenvalue weighted by Gasteiger charge is 2.24. The Morgan fingerprint density at radius 2 is 1.40 bits per heavy atom. The van der Waals surface area contributed by atoms with E-state index < -0.39 is 0 Å². The van der Waals surface area contributed by atoms with Gasteiger partial charge < -0.3 is 9.47 Å². The van der Waals surface area contributed by atoms with Gasteiger partial charge in [-0.05, 0) is 12.5 Å². The second kappa shape index (κ2) is 5.82. The first-order valence-corrected chi connectivity index (χ1v) is 6.87. The van der Waals surface area contributed by atoms with Crippen LogP contribution >= 0.6 is 0 Å². The molecule has 0 bridgehead atoms. The van der Waals surface area contributed by atoms with Crippen molar-refractivity contribution in [1.82, 2.24) is 0 Å². The molecule has 2 nitrogen and oxygen atoms in total. The van der Waals surface area contributed by atoms with E-state index in [0.29, 0.717) is 13.2 Å². The molecule has 1 aliphatic rings. The van der Waals surface area contributed by atoms with Crippen molar-refractivity contribution >= 4 is 13.3 Å². The molecule has 0 spiro atoms. The van der Waals surface area contributed by atoms with Crippen LogP contribution in [0.1, 0.15) is 28.9 Å². The minimum atomic E-state index is -0.249. The molecule has 0 saturated carbocycles. The highest BCUT2D eigenvalue weighted by molar-refractivity contribution is 6.32. The first-order valence-electron chi connectivity index (χ1n) is 6.87. The third-order valence-corrected chi connectivity index (χ3v) is 3.65. The molecule has 3 heteroatoms. The average Bonchev–Trinajstić information content (AvgIpc) is 2.49. The molecule has 2 aromatic carbocycles. The highest BCUT2D eigenvalue weighted by atomic mass is 16.7. The van der Waals surface area contributed by atoms with E-state index >= 15 is 0 Å². The molecule has 0 atom stereocenters. The molecule has 1 saturated heterocycles. The fourth-order valence-corrected chi connectivity index (χ4v) is 2.38. The molecule has 1 heterocycles. The van der Waals surface area contributed by atoms with Gasteiger partial charge in [0, 0.05) is 11.5 Å². The fourth-order valence-electron chi connectivity index (χ4n) is 2.38. The summed E-state index contributed by atoms with van der Waals surface area (Å²) in [6, 6.07) is 16.2. The summed E-state index contributed by atoms with van der Waals surface area (Å²) >= 11 is 0. The van der Waals surface area contributed by atoms with Gasteiger partial charge in [-0.2, -0.15) is 0 Å². The smallest absolute Gasteiger partial charge is 0.183 e. The van der Waals surface area contributed by atoms with E-state index in [1.807, 2.05) is 24.3 Å². The lowest BCUT2D eigenvalue weighted by molar-refractivity contribution is -0.191. The molecule has 20 heavy (non-hydrogen) atoms. The molecule has 3 rings (SSSR count). The van der Waals surface area contributed by atoms with Crippen LogP contribution in [-0.4, -0.2) is 21.1 Å². The number of ether oxygens (including phenoxy) is 2. The van der Waals surface area contributed by atoms with Crippen molar-refractivity contribution in [2.24, 2.45) is 0 Å². The molecule has 0 N–H and O–H groups in total. The van der Waals surface area contributed by atoms with Crippen LogP contribution in [0.4, 0.5) is 0 Å². The molecule has 0 aromatic heterocycles. The number of aryl methyl sites for hydroxylation is 1. The van der Waals surface area contributed by atoms with Crippen LogP contribution in [0.15, 0.2) is 48.5 Å². The maximum Gasteiger partial charge on any atom is 0.183 e. The summed E-state index contributed by atoms with van der Waals surface area (Å²) in [5.74, 6) is 0.275. The molecular formula is C17H17BO2. The van der Waals surface area contributed by atoms with Crippen molar-refractivity contribution in [2.45, 2.75) is 19.1 Å². The standard InChI is InChI=1S/C17H17BO2/c1-12-2-4-14(5-3-12)17-19-10-15(11-20-17)13-6-8-16(18)9-7-13/h2-9,15,17H,10-11H2,1H3. The Hall–Kier alpha value is -1.58. The Kier molecular flexibility index (Phi) is 3.90. The van der Waals surface area contributed by atoms with Gasteiger partial charge in [-0.15, -0.1) is 0 Å². The normalized spacial score (nSPS) is 22.6. The summed E-state index contributed by atoms with van der Waals surface area (Å²) in [5, 5.41) is 0. The highest BCUT2D eigenvalue weighted by Crippen LogP contribution is 2.29. The molecule has 100 valence electrons. The zero-order valence-electron chi connectivity index (χ0n) is 11.6. The summed E-state index contributed by atoms with van der Waals surface area (Å²) in [7, 11) is 5.70. The predicted molar refractivity (Wildman–Crippen MR) is 80.4 cm³/mol. The number of hydrogen-bond donors (Lipinski definition) is 0. The minimum absolute atomic E-state index is 0.249. The Balaban J connectivity index is 1.64. The van der Waals surface area contributed by atoms with Crippen LogP contribution in [0.3, 0.4) is 0 Å². The van der Waals surface area contributed by atoms with Gasteiger partial charge in [0.2, 0.25) is 0 Å². The quantitative estimate of drug-likeness (QED) is 0.776. The van der Waals surface area contributed by atoms with Crippen molar-refractivity contribution in [3.05, 3.63) is 65.2 Å². The van der Waals surface area contributed by atoms with E-state index in [9.17, 15) is 0 Å². The van der Waals surface area contributed by atoms with Crippen molar-refractivity contribution in [3.8, 4) is 0 Å². The van der Waals surface area contributed by atoms with Crippen LogP contribution in [0, 0.1) is 6.92 Å². The summed E-state index contributed by atoms with van der Waals surface area (Å²) in [6.07, 6.45) is -0.249. The van der Waals surface area contributed by atoms with Crippen LogP contribution in [0.25, 0.3) is 0 Å². The van der Waals surface area contributed by atoms with Crippen LogP contribution in [0.5, 0.6) is 0 Å². The number of benzene rings is 2. The van der Waals surface area contributed by atoms with Gasteiger partial charge in [0.1, 0.15) is 7.85 Å². The van der Waals surface area contributed by atoms with Gasteiger partial charge in [-0.1, -0.05) is 59.6 Å². The zero-order chi connectivity index (χ0) is 13.9. The second-order valence-corrected chi connectivity index (χ2v) is 5.27. The summed E-state index contributed by atoms with van der Waals surface area (Å²) in [5.41, 5.74) is 4.31. The lowest BCUT2D eigenvalue weighted by atomic mass is 9.92. The Labute approximate surface area is 121 Å². The van der Waals surface area contributed by atoms with Gasteiger partial charge >= 0.3 is 0 Å². The largest absolute Gasteiger partial charge is 0.348 e. The molecule has 1 aliphatic heterocycles. The maximum absolute atomic E-state index is 5.85. The molecular weight excluding hydrogens is 247 g/mol. The SMILES string of the molecule is [B]c1ccc(C2COC(c3ccc(C)cc3)OC2)cc1. The third-order valence-electron chi connectivity index (χ3n) is 3.65. The summed E-state index contributed by atoms with van der Waals surface area (Å²) < 4.78 is 11.7. The van der Waals surface area contributed by atoms with E-state index in [1.54, 1.807) is 0 Å². The Morgan fingerprint density at radius 1 is 0.850 bits per heavy atom. The van der Waals surface area contributed by atoms with Crippen molar-refractivity contribution in [1.29, 1.82) is 0 Å². The lowest BCUT2D eigenvalue weighted by Crippen LogP contribution is -2.25. The van der Waals surface area contributed by atoms with Gasteiger partial charge in [0.05, 0.1) is 13.2 Å². The first kappa shape index (κ1) is 13.4.